The molecule has 0 aliphatic rings. The summed E-state index contributed by atoms with van der Waals surface area (Å²) in [6.07, 6.45) is 0. The SMILES string of the molecule is COc1ccccc1N(C)S(=O)(=O)c1ccc(C(=O)OCC(=O)/C(C#N)=C(/C)N)cc1. The molecule has 31 heavy (non-hydrogen) atoms. The summed E-state index contributed by atoms with van der Waals surface area (Å²) < 4.78 is 37.0. The lowest BCUT2D eigenvalue weighted by Gasteiger charge is -2.21. The van der Waals surface area contributed by atoms with E-state index in [0.717, 1.165) is 4.31 Å². The number of carbonyl (C=O) groups excluding carboxylic acids is 2. The third kappa shape index (κ3) is 5.21. The molecule has 2 aromatic rings. The van der Waals surface area contributed by atoms with Crippen LogP contribution in [0.2, 0.25) is 0 Å². The second-order valence-corrected chi connectivity index (χ2v) is 8.31. The Hall–Kier alpha value is -3.84. The van der Waals surface area contributed by atoms with Gasteiger partial charge in [0.1, 0.15) is 17.4 Å². The lowest BCUT2D eigenvalue weighted by molar-refractivity contribution is -0.118. The number of hydrogen-bond donors (Lipinski definition) is 1. The number of Topliss-reactive ketones (excluding diaryl/α,β-unsaturated/α-hetero) is 1. The molecule has 9 nitrogen and oxygen atoms in total. The van der Waals surface area contributed by atoms with E-state index in [1.807, 2.05) is 0 Å². The quantitative estimate of drug-likeness (QED) is 0.371. The highest BCUT2D eigenvalue weighted by Crippen LogP contribution is 2.30. The molecule has 0 saturated carbocycles. The van der Waals surface area contributed by atoms with Gasteiger partial charge in [-0.3, -0.25) is 9.10 Å². The van der Waals surface area contributed by atoms with Gasteiger partial charge in [0.25, 0.3) is 10.0 Å². The van der Waals surface area contributed by atoms with Crippen molar-refractivity contribution in [2.24, 2.45) is 5.73 Å². The van der Waals surface area contributed by atoms with Gasteiger partial charge >= 0.3 is 5.97 Å². The van der Waals surface area contributed by atoms with Crippen LogP contribution in [0.25, 0.3) is 0 Å². The number of benzene rings is 2. The predicted octanol–water partition coefficient (Wildman–Crippen LogP) is 2.00. The fourth-order valence-electron chi connectivity index (χ4n) is 2.60. The molecule has 0 amide bonds. The van der Waals surface area contributed by atoms with Crippen LogP contribution in [0.5, 0.6) is 5.75 Å². The smallest absolute Gasteiger partial charge is 0.338 e. The third-order valence-electron chi connectivity index (χ3n) is 4.29. The van der Waals surface area contributed by atoms with Crippen LogP contribution in [-0.2, 0) is 19.6 Å². The highest BCUT2D eigenvalue weighted by Gasteiger charge is 2.24. The summed E-state index contributed by atoms with van der Waals surface area (Å²) in [6, 6.07) is 13.3. The molecule has 0 spiro atoms. The van der Waals surface area contributed by atoms with Crippen molar-refractivity contribution in [1.29, 1.82) is 5.26 Å². The normalized spacial score (nSPS) is 11.7. The molecule has 0 heterocycles. The predicted molar refractivity (Wildman–Crippen MR) is 113 cm³/mol. The van der Waals surface area contributed by atoms with Gasteiger partial charge in [0, 0.05) is 12.7 Å². The molecule has 0 atom stereocenters. The van der Waals surface area contributed by atoms with Crippen molar-refractivity contribution in [2.45, 2.75) is 11.8 Å². The van der Waals surface area contributed by atoms with E-state index in [1.165, 1.54) is 45.3 Å². The van der Waals surface area contributed by atoms with E-state index in [4.69, 9.17) is 20.5 Å². The second kappa shape index (κ2) is 9.77. The van der Waals surface area contributed by atoms with Gasteiger partial charge in [-0.15, -0.1) is 0 Å². The lowest BCUT2D eigenvalue weighted by Crippen LogP contribution is -2.27. The van der Waals surface area contributed by atoms with Crippen molar-refractivity contribution in [3.8, 4) is 11.8 Å². The zero-order valence-corrected chi connectivity index (χ0v) is 18.0. The number of anilines is 1. The number of methoxy groups -OCH3 is 1. The summed E-state index contributed by atoms with van der Waals surface area (Å²) in [5.41, 5.74) is 5.57. The molecule has 0 unspecified atom stereocenters. The molecule has 0 aromatic heterocycles. The zero-order valence-electron chi connectivity index (χ0n) is 17.2. The molecule has 2 rings (SSSR count). The van der Waals surface area contributed by atoms with E-state index >= 15 is 0 Å². The lowest BCUT2D eigenvalue weighted by atomic mass is 10.1. The molecular weight excluding hydrogens is 422 g/mol. The number of para-hydroxylation sites is 2. The van der Waals surface area contributed by atoms with Crippen LogP contribution in [0.1, 0.15) is 17.3 Å². The fourth-order valence-corrected chi connectivity index (χ4v) is 3.80. The number of carbonyl (C=O) groups is 2. The van der Waals surface area contributed by atoms with Gasteiger partial charge in [-0.05, 0) is 43.3 Å². The Morgan fingerprint density at radius 1 is 1.13 bits per heavy atom. The first-order valence-electron chi connectivity index (χ1n) is 8.92. The third-order valence-corrected chi connectivity index (χ3v) is 6.08. The average molecular weight is 443 g/mol. The number of allylic oxidation sites excluding steroid dienone is 1. The summed E-state index contributed by atoms with van der Waals surface area (Å²) in [7, 11) is -1.10. The first-order valence-corrected chi connectivity index (χ1v) is 10.4. The van der Waals surface area contributed by atoms with E-state index < -0.39 is 28.4 Å². The molecule has 0 aliphatic heterocycles. The van der Waals surface area contributed by atoms with Gasteiger partial charge < -0.3 is 15.2 Å². The summed E-state index contributed by atoms with van der Waals surface area (Å²) in [6.45, 7) is 0.729. The fraction of sp³-hybridized carbons (Fsp3) is 0.190. The van der Waals surface area contributed by atoms with Crippen molar-refractivity contribution in [2.75, 3.05) is 25.1 Å². The Kier molecular flexibility index (Phi) is 7.39. The van der Waals surface area contributed by atoms with Crippen molar-refractivity contribution in [3.05, 3.63) is 65.4 Å². The van der Waals surface area contributed by atoms with Crippen LogP contribution in [0, 0.1) is 11.3 Å². The van der Waals surface area contributed by atoms with Gasteiger partial charge in [-0.1, -0.05) is 12.1 Å². The number of hydrogen-bond acceptors (Lipinski definition) is 8. The number of sulfonamides is 1. The van der Waals surface area contributed by atoms with Gasteiger partial charge in [0.15, 0.2) is 6.61 Å². The van der Waals surface area contributed by atoms with Crippen molar-refractivity contribution < 1.29 is 27.5 Å². The first-order chi connectivity index (χ1) is 14.6. The summed E-state index contributed by atoms with van der Waals surface area (Å²) >= 11 is 0. The number of ether oxygens (including phenoxy) is 2. The molecule has 2 N–H and O–H groups in total. The first kappa shape index (κ1) is 23.4. The molecule has 10 heteroatoms. The van der Waals surface area contributed by atoms with Crippen molar-refractivity contribution in [3.63, 3.8) is 0 Å². The number of ketones is 1. The molecule has 0 aliphatic carbocycles. The maximum atomic E-state index is 12.9. The number of nitrogens with two attached hydrogens (primary N) is 1. The molecule has 162 valence electrons. The highest BCUT2D eigenvalue weighted by atomic mass is 32.2. The Bertz CT molecular complexity index is 1160. The van der Waals surface area contributed by atoms with Crippen LogP contribution in [-0.4, -0.2) is 40.9 Å². The number of nitriles is 1. The van der Waals surface area contributed by atoms with Crippen LogP contribution < -0.4 is 14.8 Å². The Morgan fingerprint density at radius 3 is 2.29 bits per heavy atom. The van der Waals surface area contributed by atoms with E-state index in [1.54, 1.807) is 30.3 Å². The van der Waals surface area contributed by atoms with Gasteiger partial charge in [0.05, 0.1) is 23.3 Å². The minimum Gasteiger partial charge on any atom is -0.495 e. The monoisotopic (exact) mass is 443 g/mol. The van der Waals surface area contributed by atoms with Crippen molar-refractivity contribution in [1.82, 2.24) is 0 Å². The molecule has 0 radical (unpaired) electrons. The summed E-state index contributed by atoms with van der Waals surface area (Å²) in [5, 5.41) is 8.90. The molecule has 2 aromatic carbocycles. The van der Waals surface area contributed by atoms with E-state index in [9.17, 15) is 18.0 Å². The molecule has 0 saturated heterocycles. The number of esters is 1. The Morgan fingerprint density at radius 2 is 1.74 bits per heavy atom. The van der Waals surface area contributed by atoms with E-state index in [-0.39, 0.29) is 21.7 Å². The topological polar surface area (TPSA) is 140 Å². The average Bonchev–Trinajstić information content (AvgIpc) is 2.77. The van der Waals surface area contributed by atoms with Crippen LogP contribution in [0.15, 0.2) is 64.7 Å². The van der Waals surface area contributed by atoms with Gasteiger partial charge in [-0.25, -0.2) is 13.2 Å². The zero-order chi connectivity index (χ0) is 23.2. The molecular formula is C21H21N3O6S. The van der Waals surface area contributed by atoms with Crippen molar-refractivity contribution >= 4 is 27.5 Å². The van der Waals surface area contributed by atoms with Crippen LogP contribution in [0.4, 0.5) is 5.69 Å². The Balaban J connectivity index is 2.17. The maximum absolute atomic E-state index is 12.9. The largest absolute Gasteiger partial charge is 0.495 e. The van der Waals surface area contributed by atoms with Crippen LogP contribution in [0.3, 0.4) is 0 Å². The van der Waals surface area contributed by atoms with E-state index in [2.05, 4.69) is 0 Å². The number of nitrogens with zero attached hydrogens (tertiary/aromatic N) is 2. The summed E-state index contributed by atoms with van der Waals surface area (Å²) in [4.78, 5) is 24.0. The number of rotatable bonds is 8. The van der Waals surface area contributed by atoms with E-state index in [0.29, 0.717) is 11.4 Å². The highest BCUT2D eigenvalue weighted by molar-refractivity contribution is 7.92. The molecule has 0 fully saturated rings. The summed E-state index contributed by atoms with van der Waals surface area (Å²) in [5.74, 6) is -1.19. The minimum absolute atomic E-state index is 0.0253. The van der Waals surface area contributed by atoms with Crippen LogP contribution >= 0.6 is 0 Å². The second-order valence-electron chi connectivity index (χ2n) is 6.34. The van der Waals surface area contributed by atoms with Gasteiger partial charge in [-0.2, -0.15) is 5.26 Å². The standard InChI is InChI=1S/C21H21N3O6S/c1-14(23)17(12-22)19(25)13-30-21(26)15-8-10-16(11-9-15)31(27,28)24(2)18-6-4-5-7-20(18)29-3/h4-11H,13,23H2,1-3H3/b17-14-. The minimum atomic E-state index is -3.93. The Labute approximate surface area is 180 Å². The van der Waals surface area contributed by atoms with Gasteiger partial charge in [0.2, 0.25) is 5.78 Å². The maximum Gasteiger partial charge on any atom is 0.338 e. The molecule has 0 bridgehead atoms.